The van der Waals surface area contributed by atoms with Crippen LogP contribution in [0, 0.1) is 5.92 Å². The summed E-state index contributed by atoms with van der Waals surface area (Å²) in [4.78, 5) is 47.0. The minimum absolute atomic E-state index is 0.251. The lowest BCUT2D eigenvalue weighted by atomic mass is 10.0. The van der Waals surface area contributed by atoms with Crippen molar-refractivity contribution < 1.29 is 24.3 Å². The van der Waals surface area contributed by atoms with Crippen LogP contribution in [-0.4, -0.2) is 60.0 Å². The van der Waals surface area contributed by atoms with E-state index < -0.39 is 41.8 Å². The Morgan fingerprint density at radius 1 is 1.00 bits per heavy atom. The summed E-state index contributed by atoms with van der Waals surface area (Å²) in [6, 6.07) is -2.73. The zero-order chi connectivity index (χ0) is 20.3. The molecule has 0 fully saturated rings. The van der Waals surface area contributed by atoms with Crippen LogP contribution in [0.25, 0.3) is 0 Å². The van der Waals surface area contributed by atoms with Gasteiger partial charge < -0.3 is 32.5 Å². The number of amides is 3. The molecule has 150 valence electrons. The number of hydrogen-bond donors (Lipinski definition) is 6. The van der Waals surface area contributed by atoms with Crippen molar-refractivity contribution in [1.29, 1.82) is 0 Å². The molecular formula is C16H31N5O5. The second-order valence-corrected chi connectivity index (χ2v) is 6.48. The van der Waals surface area contributed by atoms with Crippen LogP contribution in [-0.2, 0) is 19.2 Å². The maximum absolute atomic E-state index is 12.4. The zero-order valence-electron chi connectivity index (χ0n) is 15.6. The zero-order valence-corrected chi connectivity index (χ0v) is 15.6. The van der Waals surface area contributed by atoms with Crippen LogP contribution >= 0.6 is 0 Å². The van der Waals surface area contributed by atoms with E-state index in [4.69, 9.17) is 11.5 Å². The summed E-state index contributed by atoms with van der Waals surface area (Å²) >= 11 is 0. The molecule has 10 heteroatoms. The van der Waals surface area contributed by atoms with Gasteiger partial charge >= 0.3 is 5.97 Å². The molecular weight excluding hydrogens is 342 g/mol. The van der Waals surface area contributed by atoms with Gasteiger partial charge in [0, 0.05) is 0 Å². The minimum atomic E-state index is -1.14. The van der Waals surface area contributed by atoms with Crippen molar-refractivity contribution in [2.24, 2.45) is 17.4 Å². The first kappa shape index (κ1) is 23.8. The normalized spacial score (nSPS) is 14.2. The molecule has 0 saturated heterocycles. The molecule has 26 heavy (non-hydrogen) atoms. The second kappa shape index (κ2) is 12.2. The molecule has 0 radical (unpaired) electrons. The summed E-state index contributed by atoms with van der Waals surface area (Å²) in [6.45, 7) is 5.03. The lowest BCUT2D eigenvalue weighted by molar-refractivity contribution is -0.142. The highest BCUT2D eigenvalue weighted by atomic mass is 16.4. The molecule has 8 N–H and O–H groups in total. The maximum Gasteiger partial charge on any atom is 0.326 e. The van der Waals surface area contributed by atoms with E-state index in [0.29, 0.717) is 19.4 Å². The third-order valence-corrected chi connectivity index (χ3v) is 3.66. The summed E-state index contributed by atoms with van der Waals surface area (Å²) in [7, 11) is 0. The van der Waals surface area contributed by atoms with Gasteiger partial charge in [-0.25, -0.2) is 4.79 Å². The number of hydrogen-bond acceptors (Lipinski definition) is 6. The van der Waals surface area contributed by atoms with E-state index in [0.717, 1.165) is 0 Å². The Kier molecular flexibility index (Phi) is 11.2. The number of carboxylic acids is 1. The largest absolute Gasteiger partial charge is 0.480 e. The quantitative estimate of drug-likeness (QED) is 0.221. The number of nitrogens with one attached hydrogen (secondary N) is 3. The highest BCUT2D eigenvalue weighted by Crippen LogP contribution is 2.05. The molecule has 0 aliphatic carbocycles. The molecule has 0 aliphatic heterocycles. The first-order valence-electron chi connectivity index (χ1n) is 8.66. The standard InChI is InChI=1S/C16H31N5O5/c1-9(2)13(21-12(22)8-19-14(23)10(3)18)15(24)20-11(16(25)26)6-4-5-7-17/h9-11,13H,4-8,17-18H2,1-3H3,(H,19,23)(H,20,24)(H,21,22)(H,25,26). The van der Waals surface area contributed by atoms with E-state index in [1.165, 1.54) is 6.92 Å². The molecule has 3 unspecified atom stereocenters. The lowest BCUT2D eigenvalue weighted by Crippen LogP contribution is -2.55. The van der Waals surface area contributed by atoms with Crippen molar-refractivity contribution in [2.45, 2.75) is 58.2 Å². The maximum atomic E-state index is 12.4. The number of rotatable bonds is 12. The molecule has 0 aromatic heterocycles. The fourth-order valence-electron chi connectivity index (χ4n) is 2.10. The van der Waals surface area contributed by atoms with Gasteiger partial charge in [-0.3, -0.25) is 14.4 Å². The number of unbranched alkanes of at least 4 members (excludes halogenated alkanes) is 1. The highest BCUT2D eigenvalue weighted by molar-refractivity contribution is 5.92. The Morgan fingerprint density at radius 3 is 2.08 bits per heavy atom. The lowest BCUT2D eigenvalue weighted by Gasteiger charge is -2.24. The van der Waals surface area contributed by atoms with Crippen LogP contribution in [0.15, 0.2) is 0 Å². The van der Waals surface area contributed by atoms with Crippen LogP contribution in [0.2, 0.25) is 0 Å². The van der Waals surface area contributed by atoms with Gasteiger partial charge in [0.1, 0.15) is 12.1 Å². The average molecular weight is 373 g/mol. The van der Waals surface area contributed by atoms with Crippen LogP contribution in [0.3, 0.4) is 0 Å². The molecule has 0 aromatic rings. The molecule has 0 saturated carbocycles. The molecule has 0 aromatic carbocycles. The summed E-state index contributed by atoms with van der Waals surface area (Å²) in [5.74, 6) is -3.07. The van der Waals surface area contributed by atoms with E-state index in [1.807, 2.05) is 0 Å². The van der Waals surface area contributed by atoms with Gasteiger partial charge in [-0.1, -0.05) is 13.8 Å². The van der Waals surface area contributed by atoms with Crippen molar-refractivity contribution in [3.63, 3.8) is 0 Å². The Labute approximate surface area is 153 Å². The van der Waals surface area contributed by atoms with Gasteiger partial charge in [-0.05, 0) is 38.6 Å². The average Bonchev–Trinajstić information content (AvgIpc) is 2.55. The minimum Gasteiger partial charge on any atom is -0.480 e. The molecule has 10 nitrogen and oxygen atoms in total. The predicted octanol–water partition coefficient (Wildman–Crippen LogP) is -1.71. The molecule has 3 amide bonds. The SMILES string of the molecule is CC(N)C(=O)NCC(=O)NC(C(=O)NC(CCCCN)C(=O)O)C(C)C. The molecule has 0 heterocycles. The van der Waals surface area contributed by atoms with Gasteiger partial charge in [0.25, 0.3) is 0 Å². The number of aliphatic carboxylic acids is 1. The number of carbonyl (C=O) groups is 4. The first-order valence-corrected chi connectivity index (χ1v) is 8.66. The van der Waals surface area contributed by atoms with Gasteiger partial charge in [0.05, 0.1) is 12.6 Å². The third-order valence-electron chi connectivity index (χ3n) is 3.66. The first-order chi connectivity index (χ1) is 12.1. The smallest absolute Gasteiger partial charge is 0.326 e. The third kappa shape index (κ3) is 9.33. The number of nitrogens with two attached hydrogens (primary N) is 2. The summed E-state index contributed by atoms with van der Waals surface area (Å²) in [5, 5.41) is 16.5. The van der Waals surface area contributed by atoms with E-state index in [1.54, 1.807) is 13.8 Å². The Morgan fingerprint density at radius 2 is 1.62 bits per heavy atom. The molecule has 3 atom stereocenters. The molecule has 0 spiro atoms. The van der Waals surface area contributed by atoms with Gasteiger partial charge in [-0.2, -0.15) is 0 Å². The van der Waals surface area contributed by atoms with Gasteiger partial charge in [-0.15, -0.1) is 0 Å². The summed E-state index contributed by atoms with van der Waals surface area (Å²) in [6.07, 6.45) is 1.47. The van der Waals surface area contributed by atoms with E-state index >= 15 is 0 Å². The summed E-state index contributed by atoms with van der Waals surface area (Å²) in [5.41, 5.74) is 10.8. The molecule has 0 rings (SSSR count). The van der Waals surface area contributed by atoms with Crippen molar-refractivity contribution in [3.8, 4) is 0 Å². The predicted molar refractivity (Wildman–Crippen MR) is 95.9 cm³/mol. The molecule has 0 aliphatic rings. The van der Waals surface area contributed by atoms with Crippen molar-refractivity contribution in [1.82, 2.24) is 16.0 Å². The van der Waals surface area contributed by atoms with Gasteiger partial charge in [0.15, 0.2) is 0 Å². The fourth-order valence-corrected chi connectivity index (χ4v) is 2.10. The van der Waals surface area contributed by atoms with Crippen LogP contribution < -0.4 is 27.4 Å². The van der Waals surface area contributed by atoms with E-state index in [9.17, 15) is 24.3 Å². The van der Waals surface area contributed by atoms with Crippen molar-refractivity contribution in [2.75, 3.05) is 13.1 Å². The highest BCUT2D eigenvalue weighted by Gasteiger charge is 2.28. The second-order valence-electron chi connectivity index (χ2n) is 6.48. The monoisotopic (exact) mass is 373 g/mol. The van der Waals surface area contributed by atoms with E-state index in [2.05, 4.69) is 16.0 Å². The number of carbonyl (C=O) groups excluding carboxylic acids is 3. The summed E-state index contributed by atoms with van der Waals surface area (Å²) < 4.78 is 0. The topological polar surface area (TPSA) is 177 Å². The van der Waals surface area contributed by atoms with Crippen molar-refractivity contribution in [3.05, 3.63) is 0 Å². The Bertz CT molecular complexity index is 495. The van der Waals surface area contributed by atoms with Crippen LogP contribution in [0.1, 0.15) is 40.0 Å². The van der Waals surface area contributed by atoms with Crippen molar-refractivity contribution >= 4 is 23.7 Å². The van der Waals surface area contributed by atoms with E-state index in [-0.39, 0.29) is 18.9 Å². The fraction of sp³-hybridized carbons (Fsp3) is 0.750. The Balaban J connectivity index is 4.75. The van der Waals surface area contributed by atoms with Gasteiger partial charge in [0.2, 0.25) is 17.7 Å². The number of carboxylic acid groups (broad SMARTS) is 1. The molecule has 0 bridgehead atoms. The van der Waals surface area contributed by atoms with Crippen LogP contribution in [0.5, 0.6) is 0 Å². The Hall–Kier alpha value is -2.20. The van der Waals surface area contributed by atoms with Crippen LogP contribution in [0.4, 0.5) is 0 Å².